The van der Waals surface area contributed by atoms with Crippen molar-refractivity contribution in [1.82, 2.24) is 10.2 Å². The number of nitrogens with zero attached hydrogens (tertiary/aromatic N) is 1. The van der Waals surface area contributed by atoms with Gasteiger partial charge in [-0.2, -0.15) is 0 Å². The summed E-state index contributed by atoms with van der Waals surface area (Å²) in [6.07, 6.45) is 0.528. The van der Waals surface area contributed by atoms with Crippen LogP contribution in [0.1, 0.15) is 41.6 Å². The number of piperidine rings is 1. The molecule has 0 aromatic heterocycles. The Bertz CT molecular complexity index is 1060. The summed E-state index contributed by atoms with van der Waals surface area (Å²) < 4.78 is 25.8. The number of rotatable bonds is 1. The molecule has 8 heteroatoms. The summed E-state index contributed by atoms with van der Waals surface area (Å²) in [5.41, 5.74) is 1.08. The highest BCUT2D eigenvalue weighted by Crippen LogP contribution is 2.41. The molecule has 0 aliphatic carbocycles. The van der Waals surface area contributed by atoms with Crippen LogP contribution in [0.5, 0.6) is 11.5 Å². The highest BCUT2D eigenvalue weighted by atomic mass is 35.5. The number of likely N-dealkylation sites (tertiary alicyclic amines) is 1. The Kier molecular flexibility index (Phi) is 5.01. The third-order valence-corrected chi connectivity index (χ3v) is 6.59. The smallest absolute Gasteiger partial charge is 0.264 e. The summed E-state index contributed by atoms with van der Waals surface area (Å²) >= 11 is 6.12. The Morgan fingerprint density at radius 3 is 2.84 bits per heavy atom. The number of carbonyl (C=O) groups is 2. The summed E-state index contributed by atoms with van der Waals surface area (Å²) in [5.74, 6) is -0.195. The van der Waals surface area contributed by atoms with Gasteiger partial charge in [-0.3, -0.25) is 9.59 Å². The summed E-state index contributed by atoms with van der Waals surface area (Å²) in [6, 6.07) is 8.94. The molecule has 3 aliphatic heterocycles. The van der Waals surface area contributed by atoms with Crippen LogP contribution in [-0.4, -0.2) is 48.1 Å². The molecular formula is C23H22ClFN2O4. The molecule has 0 bridgehead atoms. The van der Waals surface area contributed by atoms with Crippen molar-refractivity contribution in [3.63, 3.8) is 0 Å². The average Bonchev–Trinajstić information content (AvgIpc) is 3.08. The second kappa shape index (κ2) is 7.71. The lowest BCUT2D eigenvalue weighted by Crippen LogP contribution is -2.60. The zero-order chi connectivity index (χ0) is 21.7. The van der Waals surface area contributed by atoms with E-state index in [2.05, 4.69) is 5.32 Å². The van der Waals surface area contributed by atoms with Crippen molar-refractivity contribution < 1.29 is 23.5 Å². The second-order valence-corrected chi connectivity index (χ2v) is 8.69. The molecule has 162 valence electrons. The lowest BCUT2D eigenvalue weighted by atomic mass is 9.93. The fourth-order valence-electron chi connectivity index (χ4n) is 4.72. The molecule has 1 saturated heterocycles. The molecule has 5 rings (SSSR count). The van der Waals surface area contributed by atoms with E-state index in [9.17, 15) is 14.0 Å². The van der Waals surface area contributed by atoms with E-state index < -0.39 is 17.8 Å². The molecule has 0 radical (unpaired) electrons. The first-order valence-electron chi connectivity index (χ1n) is 10.4. The van der Waals surface area contributed by atoms with E-state index in [1.807, 2.05) is 13.0 Å². The van der Waals surface area contributed by atoms with Crippen LogP contribution in [0.3, 0.4) is 0 Å². The van der Waals surface area contributed by atoms with E-state index in [0.29, 0.717) is 23.1 Å². The molecule has 3 aliphatic rings. The van der Waals surface area contributed by atoms with Crippen molar-refractivity contribution >= 4 is 23.4 Å². The molecule has 6 nitrogen and oxygen atoms in total. The van der Waals surface area contributed by atoms with E-state index >= 15 is 0 Å². The minimum atomic E-state index is -0.658. The van der Waals surface area contributed by atoms with E-state index in [-0.39, 0.29) is 36.1 Å². The number of hydrogen-bond acceptors (Lipinski definition) is 4. The highest BCUT2D eigenvalue weighted by molar-refractivity contribution is 6.30. The van der Waals surface area contributed by atoms with Crippen molar-refractivity contribution in [3.8, 4) is 11.5 Å². The molecule has 1 fully saturated rings. The number of nitrogens with one attached hydrogen (secondary N) is 1. The molecule has 2 aromatic rings. The van der Waals surface area contributed by atoms with E-state index in [1.165, 1.54) is 18.2 Å². The number of ether oxygens (including phenoxy) is 2. The van der Waals surface area contributed by atoms with Crippen LogP contribution in [-0.2, 0) is 4.79 Å². The molecule has 3 heterocycles. The third-order valence-electron chi connectivity index (χ3n) is 6.35. The number of fused-ring (bicyclic) bond motifs is 3. The largest absolute Gasteiger partial charge is 0.487 e. The van der Waals surface area contributed by atoms with Crippen LogP contribution in [0.25, 0.3) is 0 Å². The maximum atomic E-state index is 13.6. The number of amides is 2. The first kappa shape index (κ1) is 20.1. The Labute approximate surface area is 184 Å². The Balaban J connectivity index is 1.40. The van der Waals surface area contributed by atoms with Gasteiger partial charge < -0.3 is 19.7 Å². The highest BCUT2D eigenvalue weighted by Gasteiger charge is 2.44. The molecule has 2 aromatic carbocycles. The summed E-state index contributed by atoms with van der Waals surface area (Å²) in [4.78, 5) is 27.9. The normalized spacial score (nSPS) is 26.9. The van der Waals surface area contributed by atoms with Gasteiger partial charge in [-0.1, -0.05) is 18.5 Å². The van der Waals surface area contributed by atoms with Gasteiger partial charge in [-0.25, -0.2) is 4.39 Å². The SMILES string of the molecule is CC1c2cc(Cl)ccc2OC1C(=O)N1CCCC2Oc3ccc(F)cc3C(=O)NCC21. The predicted octanol–water partition coefficient (Wildman–Crippen LogP) is 3.53. The number of carbonyl (C=O) groups excluding carboxylic acids is 2. The molecule has 31 heavy (non-hydrogen) atoms. The monoisotopic (exact) mass is 444 g/mol. The second-order valence-electron chi connectivity index (χ2n) is 8.26. The maximum Gasteiger partial charge on any atom is 0.264 e. The topological polar surface area (TPSA) is 67.9 Å². The van der Waals surface area contributed by atoms with Crippen LogP contribution in [0.15, 0.2) is 36.4 Å². The van der Waals surface area contributed by atoms with Crippen molar-refractivity contribution in [2.45, 2.75) is 43.9 Å². The number of halogens is 2. The molecule has 4 unspecified atom stereocenters. The molecule has 2 amide bonds. The molecule has 1 N–H and O–H groups in total. The maximum absolute atomic E-state index is 13.6. The Morgan fingerprint density at radius 1 is 1.19 bits per heavy atom. The van der Waals surface area contributed by atoms with Gasteiger partial charge in [0.25, 0.3) is 11.8 Å². The minimum absolute atomic E-state index is 0.132. The zero-order valence-corrected chi connectivity index (χ0v) is 17.7. The lowest BCUT2D eigenvalue weighted by molar-refractivity contribution is -0.145. The van der Waals surface area contributed by atoms with Gasteiger partial charge in [0.2, 0.25) is 0 Å². The molecule has 4 atom stereocenters. The Morgan fingerprint density at radius 2 is 2.00 bits per heavy atom. The fourth-order valence-corrected chi connectivity index (χ4v) is 4.91. The Hall–Kier alpha value is -2.80. The van der Waals surface area contributed by atoms with E-state index in [1.54, 1.807) is 17.0 Å². The van der Waals surface area contributed by atoms with E-state index in [4.69, 9.17) is 21.1 Å². The summed E-state index contributed by atoms with van der Waals surface area (Å²) in [7, 11) is 0. The van der Waals surface area contributed by atoms with Crippen molar-refractivity contribution in [2.24, 2.45) is 0 Å². The van der Waals surface area contributed by atoms with Gasteiger partial charge >= 0.3 is 0 Å². The summed E-state index contributed by atoms with van der Waals surface area (Å²) in [6.45, 7) is 2.73. The van der Waals surface area contributed by atoms with Crippen LogP contribution < -0.4 is 14.8 Å². The quantitative estimate of drug-likeness (QED) is 0.730. The first-order chi connectivity index (χ1) is 14.9. The van der Waals surface area contributed by atoms with Gasteiger partial charge in [-0.05, 0) is 49.2 Å². The molecule has 0 spiro atoms. The first-order valence-corrected chi connectivity index (χ1v) is 10.8. The van der Waals surface area contributed by atoms with Crippen LogP contribution >= 0.6 is 11.6 Å². The van der Waals surface area contributed by atoms with Gasteiger partial charge in [-0.15, -0.1) is 0 Å². The van der Waals surface area contributed by atoms with Crippen LogP contribution in [0.2, 0.25) is 5.02 Å². The van der Waals surface area contributed by atoms with Crippen LogP contribution in [0, 0.1) is 5.82 Å². The zero-order valence-electron chi connectivity index (χ0n) is 16.9. The van der Waals surface area contributed by atoms with Gasteiger partial charge in [0.05, 0.1) is 11.6 Å². The lowest BCUT2D eigenvalue weighted by Gasteiger charge is -2.43. The number of benzene rings is 2. The van der Waals surface area contributed by atoms with Crippen LogP contribution in [0.4, 0.5) is 4.39 Å². The van der Waals surface area contributed by atoms with Crippen molar-refractivity contribution in [3.05, 3.63) is 58.4 Å². The average molecular weight is 445 g/mol. The number of hydrogen-bond donors (Lipinski definition) is 1. The third kappa shape index (κ3) is 3.51. The predicted molar refractivity (Wildman–Crippen MR) is 112 cm³/mol. The fraction of sp³-hybridized carbons (Fsp3) is 0.391. The van der Waals surface area contributed by atoms with Gasteiger partial charge in [0, 0.05) is 29.6 Å². The molecular weight excluding hydrogens is 423 g/mol. The standard InChI is InChI=1S/C23H22ClFN2O4/c1-12-15-9-13(24)4-6-18(15)31-21(12)23(29)27-8-2-3-20-17(27)11-26-22(28)16-10-14(25)5-7-19(16)30-20/h4-7,9-10,12,17,20-21H,2-3,8,11H2,1H3,(H,26,28). The van der Waals surface area contributed by atoms with E-state index in [0.717, 1.165) is 18.4 Å². The minimum Gasteiger partial charge on any atom is -0.487 e. The summed E-state index contributed by atoms with van der Waals surface area (Å²) in [5, 5.41) is 3.44. The van der Waals surface area contributed by atoms with Crippen molar-refractivity contribution in [1.29, 1.82) is 0 Å². The van der Waals surface area contributed by atoms with Gasteiger partial charge in [0.1, 0.15) is 23.4 Å². The molecule has 0 saturated carbocycles. The van der Waals surface area contributed by atoms with Gasteiger partial charge in [0.15, 0.2) is 6.10 Å². The van der Waals surface area contributed by atoms with Crippen molar-refractivity contribution in [2.75, 3.05) is 13.1 Å².